The molecule has 1 aromatic heterocycles. The average molecular weight is 385 g/mol. The highest BCUT2D eigenvalue weighted by Gasteiger charge is 2.12. The zero-order chi connectivity index (χ0) is 14.0. The van der Waals surface area contributed by atoms with Gasteiger partial charge in [-0.1, -0.05) is 22.0 Å². The number of anilines is 1. The summed E-state index contributed by atoms with van der Waals surface area (Å²) in [5.41, 5.74) is 3.13. The van der Waals surface area contributed by atoms with Gasteiger partial charge < -0.3 is 5.32 Å². The number of nitrogens with one attached hydrogen (secondary N) is 1. The molecule has 1 N–H and O–H groups in total. The summed E-state index contributed by atoms with van der Waals surface area (Å²) >= 11 is 7.10. The highest BCUT2D eigenvalue weighted by Crippen LogP contribution is 2.30. The minimum atomic E-state index is 0.725. The summed E-state index contributed by atoms with van der Waals surface area (Å²) in [5, 5.41) is 3.24. The Morgan fingerprint density at radius 1 is 1.16 bits per heavy atom. The van der Waals surface area contributed by atoms with Gasteiger partial charge in [0, 0.05) is 16.6 Å². The molecule has 1 aromatic carbocycles. The van der Waals surface area contributed by atoms with Crippen LogP contribution in [0.4, 0.5) is 5.82 Å². The van der Waals surface area contributed by atoms with Gasteiger partial charge in [-0.15, -0.1) is 0 Å². The molecule has 2 rings (SSSR count). The first kappa shape index (κ1) is 14.5. The third-order valence-electron chi connectivity index (χ3n) is 2.73. The molecule has 5 heteroatoms. The van der Waals surface area contributed by atoms with Crippen molar-refractivity contribution in [3.05, 3.63) is 38.4 Å². The Kier molecular flexibility index (Phi) is 4.58. The lowest BCUT2D eigenvalue weighted by molar-refractivity contribution is 1.06. The SMILES string of the molecule is CCNc1nc(-c2ccc(C)cc2Br)nc(C)c1Br. The Morgan fingerprint density at radius 2 is 1.89 bits per heavy atom. The van der Waals surface area contributed by atoms with Crippen LogP contribution >= 0.6 is 31.9 Å². The van der Waals surface area contributed by atoms with E-state index in [1.54, 1.807) is 0 Å². The van der Waals surface area contributed by atoms with Crippen LogP contribution in [0.3, 0.4) is 0 Å². The molecule has 0 saturated carbocycles. The van der Waals surface area contributed by atoms with Gasteiger partial charge in [0.05, 0.1) is 10.2 Å². The van der Waals surface area contributed by atoms with Gasteiger partial charge in [-0.25, -0.2) is 9.97 Å². The predicted molar refractivity (Wildman–Crippen MR) is 86.5 cm³/mol. The zero-order valence-corrected chi connectivity index (χ0v) is 14.3. The first-order valence-electron chi connectivity index (χ1n) is 6.07. The first-order chi connectivity index (χ1) is 9.02. The molecule has 19 heavy (non-hydrogen) atoms. The van der Waals surface area contributed by atoms with Crippen molar-refractivity contribution in [2.75, 3.05) is 11.9 Å². The van der Waals surface area contributed by atoms with E-state index in [0.29, 0.717) is 0 Å². The molecule has 0 atom stereocenters. The number of hydrogen-bond acceptors (Lipinski definition) is 3. The van der Waals surface area contributed by atoms with Crippen molar-refractivity contribution < 1.29 is 0 Å². The third-order valence-corrected chi connectivity index (χ3v) is 4.33. The van der Waals surface area contributed by atoms with Gasteiger partial charge in [-0.2, -0.15) is 0 Å². The van der Waals surface area contributed by atoms with Crippen molar-refractivity contribution in [1.29, 1.82) is 0 Å². The summed E-state index contributed by atoms with van der Waals surface area (Å²) in [7, 11) is 0. The second-order valence-electron chi connectivity index (χ2n) is 4.31. The van der Waals surface area contributed by atoms with E-state index in [-0.39, 0.29) is 0 Å². The van der Waals surface area contributed by atoms with Gasteiger partial charge in [-0.3, -0.25) is 0 Å². The standard InChI is InChI=1S/C14H15Br2N3/c1-4-17-14-12(16)9(3)18-13(19-14)10-6-5-8(2)7-11(10)15/h5-7H,4H2,1-3H3,(H,17,18,19). The van der Waals surface area contributed by atoms with Gasteiger partial charge in [0.1, 0.15) is 5.82 Å². The highest BCUT2D eigenvalue weighted by molar-refractivity contribution is 9.11. The van der Waals surface area contributed by atoms with Crippen LogP contribution < -0.4 is 5.32 Å². The molecule has 1 heterocycles. The topological polar surface area (TPSA) is 37.8 Å². The van der Waals surface area contributed by atoms with Gasteiger partial charge in [0.15, 0.2) is 5.82 Å². The number of aromatic nitrogens is 2. The molecule has 0 aliphatic rings. The van der Waals surface area contributed by atoms with Crippen LogP contribution in [0.1, 0.15) is 18.2 Å². The average Bonchev–Trinajstić information content (AvgIpc) is 2.35. The Hall–Kier alpha value is -0.940. The Bertz CT molecular complexity index is 612. The predicted octanol–water partition coefficient (Wildman–Crippen LogP) is 4.72. The van der Waals surface area contributed by atoms with Crippen molar-refractivity contribution in [3.63, 3.8) is 0 Å². The van der Waals surface area contributed by atoms with Crippen LogP contribution in [-0.4, -0.2) is 16.5 Å². The van der Waals surface area contributed by atoms with Crippen molar-refractivity contribution in [1.82, 2.24) is 9.97 Å². The summed E-state index contributed by atoms with van der Waals surface area (Å²) in [5.74, 6) is 1.56. The Labute approximate surface area is 130 Å². The van der Waals surface area contributed by atoms with Crippen LogP contribution in [0.15, 0.2) is 27.1 Å². The number of benzene rings is 1. The molecule has 0 fully saturated rings. The highest BCUT2D eigenvalue weighted by atomic mass is 79.9. The largest absolute Gasteiger partial charge is 0.369 e. The summed E-state index contributed by atoms with van der Waals surface area (Å²) in [6, 6.07) is 6.18. The monoisotopic (exact) mass is 383 g/mol. The molecule has 0 saturated heterocycles. The molecule has 2 aromatic rings. The first-order valence-corrected chi connectivity index (χ1v) is 7.66. The second kappa shape index (κ2) is 6.01. The smallest absolute Gasteiger partial charge is 0.162 e. The number of aryl methyl sites for hydroxylation is 2. The second-order valence-corrected chi connectivity index (χ2v) is 5.96. The van der Waals surface area contributed by atoms with Crippen LogP contribution in [0, 0.1) is 13.8 Å². The Balaban J connectivity index is 2.56. The molecule has 0 amide bonds. The number of hydrogen-bond donors (Lipinski definition) is 1. The Morgan fingerprint density at radius 3 is 2.53 bits per heavy atom. The zero-order valence-electron chi connectivity index (χ0n) is 11.1. The van der Waals surface area contributed by atoms with Gasteiger partial charge >= 0.3 is 0 Å². The number of halogens is 2. The van der Waals surface area contributed by atoms with Crippen molar-refractivity contribution in [2.24, 2.45) is 0 Å². The van der Waals surface area contributed by atoms with E-state index < -0.39 is 0 Å². The fourth-order valence-electron chi connectivity index (χ4n) is 1.77. The fourth-order valence-corrected chi connectivity index (χ4v) is 2.75. The molecule has 0 radical (unpaired) electrons. The lowest BCUT2D eigenvalue weighted by Crippen LogP contribution is -2.04. The van der Waals surface area contributed by atoms with E-state index in [1.165, 1.54) is 5.56 Å². The van der Waals surface area contributed by atoms with Crippen LogP contribution in [0.2, 0.25) is 0 Å². The molecular formula is C14H15Br2N3. The molecule has 3 nitrogen and oxygen atoms in total. The van der Waals surface area contributed by atoms with Crippen LogP contribution in [0.25, 0.3) is 11.4 Å². The van der Waals surface area contributed by atoms with Crippen LogP contribution in [-0.2, 0) is 0 Å². The number of nitrogens with zero attached hydrogens (tertiary/aromatic N) is 2. The maximum Gasteiger partial charge on any atom is 0.162 e. The third kappa shape index (κ3) is 3.15. The van der Waals surface area contributed by atoms with Crippen molar-refractivity contribution >= 4 is 37.7 Å². The number of rotatable bonds is 3. The van der Waals surface area contributed by atoms with E-state index in [2.05, 4.69) is 66.2 Å². The van der Waals surface area contributed by atoms with Gasteiger partial charge in [0.2, 0.25) is 0 Å². The summed E-state index contributed by atoms with van der Waals surface area (Å²) in [6.07, 6.45) is 0. The maximum atomic E-state index is 4.58. The summed E-state index contributed by atoms with van der Waals surface area (Å²) < 4.78 is 1.93. The maximum absolute atomic E-state index is 4.58. The van der Waals surface area contributed by atoms with E-state index in [0.717, 1.165) is 38.4 Å². The van der Waals surface area contributed by atoms with E-state index in [1.807, 2.05) is 19.9 Å². The minimum absolute atomic E-state index is 0.725. The molecular weight excluding hydrogens is 370 g/mol. The minimum Gasteiger partial charge on any atom is -0.369 e. The van der Waals surface area contributed by atoms with E-state index in [4.69, 9.17) is 0 Å². The molecule has 0 spiro atoms. The quantitative estimate of drug-likeness (QED) is 0.831. The molecule has 100 valence electrons. The molecule has 0 aliphatic heterocycles. The lowest BCUT2D eigenvalue weighted by Gasteiger charge is -2.11. The fraction of sp³-hybridized carbons (Fsp3) is 0.286. The van der Waals surface area contributed by atoms with Crippen LogP contribution in [0.5, 0.6) is 0 Å². The lowest BCUT2D eigenvalue weighted by atomic mass is 10.1. The summed E-state index contributed by atoms with van der Waals surface area (Å²) in [6.45, 7) is 6.90. The van der Waals surface area contributed by atoms with Gasteiger partial charge in [0.25, 0.3) is 0 Å². The molecule has 0 unspecified atom stereocenters. The van der Waals surface area contributed by atoms with E-state index in [9.17, 15) is 0 Å². The summed E-state index contributed by atoms with van der Waals surface area (Å²) in [4.78, 5) is 9.13. The van der Waals surface area contributed by atoms with E-state index >= 15 is 0 Å². The van der Waals surface area contributed by atoms with Crippen molar-refractivity contribution in [3.8, 4) is 11.4 Å². The van der Waals surface area contributed by atoms with Crippen molar-refractivity contribution in [2.45, 2.75) is 20.8 Å². The molecule has 0 bridgehead atoms. The molecule has 0 aliphatic carbocycles. The normalized spacial score (nSPS) is 10.6. The van der Waals surface area contributed by atoms with Gasteiger partial charge in [-0.05, 0) is 54.4 Å².